The minimum atomic E-state index is -1.49. The third-order valence-corrected chi connectivity index (χ3v) is 5.96. The summed E-state index contributed by atoms with van der Waals surface area (Å²) in [7, 11) is 1.60. The molecule has 1 aromatic carbocycles. The Balaban J connectivity index is 1.91. The molecule has 0 bridgehead atoms. The quantitative estimate of drug-likeness (QED) is 0.541. The van der Waals surface area contributed by atoms with Crippen molar-refractivity contribution in [2.24, 2.45) is 0 Å². The zero-order chi connectivity index (χ0) is 25.5. The zero-order valence-corrected chi connectivity index (χ0v) is 21.0. The minimum absolute atomic E-state index is 0.135. The van der Waals surface area contributed by atoms with E-state index in [1.807, 2.05) is 24.3 Å². The summed E-state index contributed by atoms with van der Waals surface area (Å²) in [6.07, 6.45) is -0.510. The van der Waals surface area contributed by atoms with Crippen molar-refractivity contribution >= 4 is 24.1 Å². The molecule has 1 saturated heterocycles. The molecule has 2 aliphatic rings. The highest BCUT2D eigenvalue weighted by atomic mass is 16.6. The predicted octanol–water partition coefficient (Wildman–Crippen LogP) is 5.23. The molecule has 0 aromatic heterocycles. The molecule has 9 heteroatoms. The maximum absolute atomic E-state index is 13.6. The molecule has 1 aromatic rings. The number of ether oxygens (including phenoxy) is 3. The van der Waals surface area contributed by atoms with Gasteiger partial charge < -0.3 is 14.2 Å². The number of carbonyl (C=O) groups excluding carboxylic acids is 4. The fourth-order valence-electron chi connectivity index (χ4n) is 4.44. The molecule has 2 fully saturated rings. The minimum Gasteiger partial charge on any atom is -0.497 e. The Bertz CT molecular complexity index is 964. The molecule has 1 aliphatic heterocycles. The second kappa shape index (κ2) is 8.92. The third-order valence-electron chi connectivity index (χ3n) is 5.96. The first-order chi connectivity index (χ1) is 15.7. The molecule has 34 heavy (non-hydrogen) atoms. The Morgan fingerprint density at radius 1 is 0.882 bits per heavy atom. The van der Waals surface area contributed by atoms with E-state index in [1.165, 1.54) is 0 Å². The first-order valence-corrected chi connectivity index (χ1v) is 11.5. The van der Waals surface area contributed by atoms with E-state index in [0.29, 0.717) is 17.7 Å². The van der Waals surface area contributed by atoms with E-state index in [9.17, 15) is 19.2 Å². The largest absolute Gasteiger partial charge is 0.497 e. The first-order valence-electron chi connectivity index (χ1n) is 11.5. The van der Waals surface area contributed by atoms with Gasteiger partial charge in [0.2, 0.25) is 0 Å². The molecule has 5 amide bonds. The number of urea groups is 1. The van der Waals surface area contributed by atoms with Crippen LogP contribution >= 0.6 is 0 Å². The maximum atomic E-state index is 13.6. The van der Waals surface area contributed by atoms with Crippen LogP contribution in [0.1, 0.15) is 78.7 Å². The Morgan fingerprint density at radius 3 is 1.85 bits per heavy atom. The lowest BCUT2D eigenvalue weighted by atomic mass is 9.73. The molecule has 3 rings (SSSR count). The molecule has 186 valence electrons. The van der Waals surface area contributed by atoms with Crippen LogP contribution in [0.25, 0.3) is 0 Å². The van der Waals surface area contributed by atoms with Gasteiger partial charge in [0.1, 0.15) is 22.5 Å². The summed E-state index contributed by atoms with van der Waals surface area (Å²) in [4.78, 5) is 54.0. The molecule has 1 heterocycles. The molecule has 0 atom stereocenters. The average molecular weight is 475 g/mol. The summed E-state index contributed by atoms with van der Waals surface area (Å²) in [6, 6.07) is 6.67. The van der Waals surface area contributed by atoms with Crippen LogP contribution in [-0.2, 0) is 14.3 Å². The lowest BCUT2D eigenvalue weighted by Crippen LogP contribution is -2.55. The highest BCUT2D eigenvalue weighted by Gasteiger charge is 2.64. The van der Waals surface area contributed by atoms with Gasteiger partial charge in [0.25, 0.3) is 5.91 Å². The van der Waals surface area contributed by atoms with Gasteiger partial charge >= 0.3 is 18.2 Å². The van der Waals surface area contributed by atoms with Crippen LogP contribution in [0.4, 0.5) is 14.4 Å². The van der Waals surface area contributed by atoms with E-state index in [1.54, 1.807) is 48.7 Å². The van der Waals surface area contributed by atoms with Crippen molar-refractivity contribution in [2.75, 3.05) is 7.11 Å². The van der Waals surface area contributed by atoms with Crippen molar-refractivity contribution in [2.45, 2.75) is 89.9 Å². The lowest BCUT2D eigenvalue weighted by Gasteiger charge is -2.40. The van der Waals surface area contributed by atoms with E-state index in [4.69, 9.17) is 14.2 Å². The fourth-order valence-corrected chi connectivity index (χ4v) is 4.44. The summed E-state index contributed by atoms with van der Waals surface area (Å²) in [5.41, 5.74) is -2.21. The summed E-state index contributed by atoms with van der Waals surface area (Å²) in [6.45, 7) is 9.93. The zero-order valence-electron chi connectivity index (χ0n) is 21.0. The summed E-state index contributed by atoms with van der Waals surface area (Å²) in [5.74, 6) is 0.137. The number of amides is 5. The number of benzene rings is 1. The van der Waals surface area contributed by atoms with Gasteiger partial charge in [0.05, 0.1) is 7.11 Å². The Labute approximate surface area is 200 Å². The van der Waals surface area contributed by atoms with Crippen LogP contribution in [0.15, 0.2) is 24.3 Å². The van der Waals surface area contributed by atoms with E-state index >= 15 is 0 Å². The third kappa shape index (κ3) is 5.03. The van der Waals surface area contributed by atoms with Gasteiger partial charge in [0.15, 0.2) is 0 Å². The number of hydrogen-bond donors (Lipinski definition) is 0. The van der Waals surface area contributed by atoms with Crippen LogP contribution in [-0.4, -0.2) is 57.8 Å². The molecular formula is C25H34N2O7. The molecule has 1 spiro atoms. The summed E-state index contributed by atoms with van der Waals surface area (Å²) >= 11 is 0. The van der Waals surface area contributed by atoms with Gasteiger partial charge in [0, 0.05) is 0 Å². The molecule has 0 unspecified atom stereocenters. The molecule has 0 radical (unpaired) electrons. The van der Waals surface area contributed by atoms with Crippen molar-refractivity contribution in [3.05, 3.63) is 29.8 Å². The number of nitrogens with zero attached hydrogens (tertiary/aromatic N) is 2. The van der Waals surface area contributed by atoms with Gasteiger partial charge in [-0.2, -0.15) is 4.90 Å². The van der Waals surface area contributed by atoms with Crippen molar-refractivity contribution in [1.82, 2.24) is 9.80 Å². The molecule has 1 saturated carbocycles. The van der Waals surface area contributed by atoms with Gasteiger partial charge in [-0.3, -0.25) is 4.79 Å². The van der Waals surface area contributed by atoms with E-state index < -0.39 is 40.9 Å². The number of methoxy groups -OCH3 is 1. The molecule has 0 N–H and O–H groups in total. The average Bonchev–Trinajstić information content (AvgIpc) is 2.92. The summed E-state index contributed by atoms with van der Waals surface area (Å²) < 4.78 is 16.0. The van der Waals surface area contributed by atoms with Gasteiger partial charge in [-0.1, -0.05) is 12.1 Å². The van der Waals surface area contributed by atoms with Crippen molar-refractivity contribution in [3.63, 3.8) is 0 Å². The SMILES string of the molecule is COc1ccc(C2CCC3(CC2)C(=O)N(C(=O)OC(C)(C)C)C(=O)N3C(=O)OC(C)(C)C)cc1. The monoisotopic (exact) mass is 474 g/mol. The number of carbonyl (C=O) groups is 4. The van der Waals surface area contributed by atoms with Crippen LogP contribution in [0.3, 0.4) is 0 Å². The van der Waals surface area contributed by atoms with Crippen LogP contribution < -0.4 is 4.74 Å². The van der Waals surface area contributed by atoms with Gasteiger partial charge in [-0.15, -0.1) is 0 Å². The fraction of sp³-hybridized carbons (Fsp3) is 0.600. The van der Waals surface area contributed by atoms with Crippen LogP contribution in [0, 0.1) is 0 Å². The highest BCUT2D eigenvalue weighted by molar-refractivity contribution is 6.20. The van der Waals surface area contributed by atoms with Gasteiger partial charge in [-0.05, 0) is 90.8 Å². The van der Waals surface area contributed by atoms with Crippen molar-refractivity contribution in [1.29, 1.82) is 0 Å². The molecule has 9 nitrogen and oxygen atoms in total. The van der Waals surface area contributed by atoms with Crippen LogP contribution in [0.2, 0.25) is 0 Å². The van der Waals surface area contributed by atoms with E-state index in [-0.39, 0.29) is 18.8 Å². The number of rotatable bonds is 2. The Hall–Kier alpha value is -3.10. The predicted molar refractivity (Wildman–Crippen MR) is 123 cm³/mol. The second-order valence-electron chi connectivity index (χ2n) is 10.8. The van der Waals surface area contributed by atoms with Gasteiger partial charge in [-0.25, -0.2) is 19.3 Å². The second-order valence-corrected chi connectivity index (χ2v) is 10.8. The van der Waals surface area contributed by atoms with Crippen molar-refractivity contribution < 1.29 is 33.4 Å². The van der Waals surface area contributed by atoms with Crippen molar-refractivity contribution in [3.8, 4) is 5.75 Å². The standard InChI is InChI=1S/C25H34N2O7/c1-23(2,3)33-21(30)26-19(28)25(27(20(26)29)22(31)34-24(4,5)6)14-12-17(13-15-25)16-8-10-18(32-7)11-9-16/h8-11,17H,12-15H2,1-7H3. The normalized spacial score (nSPS) is 23.3. The van der Waals surface area contributed by atoms with Crippen LogP contribution in [0.5, 0.6) is 5.75 Å². The Kier molecular flexibility index (Phi) is 6.70. The highest BCUT2D eigenvalue weighted by Crippen LogP contribution is 2.46. The smallest absolute Gasteiger partial charge is 0.425 e. The number of hydrogen-bond acceptors (Lipinski definition) is 7. The van der Waals surface area contributed by atoms with E-state index in [2.05, 4.69) is 0 Å². The molecule has 1 aliphatic carbocycles. The summed E-state index contributed by atoms with van der Waals surface area (Å²) in [5, 5.41) is 0. The first kappa shape index (κ1) is 25.5. The lowest BCUT2D eigenvalue weighted by molar-refractivity contribution is -0.134. The Morgan fingerprint density at radius 2 is 1.38 bits per heavy atom. The van der Waals surface area contributed by atoms with E-state index in [0.717, 1.165) is 16.2 Å². The topological polar surface area (TPSA) is 102 Å². The maximum Gasteiger partial charge on any atom is 0.425 e. The molecular weight excluding hydrogens is 440 g/mol. The number of imide groups is 4.